The lowest BCUT2D eigenvalue weighted by Crippen LogP contribution is -2.59. The van der Waals surface area contributed by atoms with Crippen LogP contribution in [0.2, 0.25) is 0 Å². The van der Waals surface area contributed by atoms with E-state index in [0.29, 0.717) is 64.7 Å². The summed E-state index contributed by atoms with van der Waals surface area (Å²) in [4.78, 5) is 15.2. The average molecular weight is 589 g/mol. The van der Waals surface area contributed by atoms with Crippen molar-refractivity contribution < 1.29 is 9.90 Å². The molecule has 42 heavy (non-hydrogen) atoms. The molecular formula is C36H68N4O2. The third-order valence-electron chi connectivity index (χ3n) is 13.2. The first-order valence-electron chi connectivity index (χ1n) is 18.1. The minimum absolute atomic E-state index is 0.149. The van der Waals surface area contributed by atoms with E-state index in [1.54, 1.807) is 0 Å². The first kappa shape index (κ1) is 34.2. The maximum Gasteiger partial charge on any atom is 0.223 e. The number of nitrogens with one attached hydrogen (secondary N) is 2. The number of nitrogens with two attached hydrogens (primary N) is 1. The van der Waals surface area contributed by atoms with E-state index in [-0.39, 0.29) is 18.2 Å². The molecule has 6 nitrogen and oxygen atoms in total. The summed E-state index contributed by atoms with van der Waals surface area (Å²) in [7, 11) is 0. The molecule has 4 unspecified atom stereocenters. The topological polar surface area (TPSA) is 90.6 Å². The van der Waals surface area contributed by atoms with Gasteiger partial charge >= 0.3 is 0 Å². The number of carbonyl (C=O) groups is 1. The highest BCUT2D eigenvalue weighted by Gasteiger charge is 2.62. The molecule has 0 heterocycles. The summed E-state index contributed by atoms with van der Waals surface area (Å²) in [6.07, 6.45) is 13.7. The molecule has 4 saturated carbocycles. The van der Waals surface area contributed by atoms with Gasteiger partial charge in [0.2, 0.25) is 5.91 Å². The molecule has 4 aliphatic carbocycles. The highest BCUT2D eigenvalue weighted by molar-refractivity contribution is 5.76. The Morgan fingerprint density at radius 3 is 2.26 bits per heavy atom. The molecule has 0 spiro atoms. The van der Waals surface area contributed by atoms with Crippen LogP contribution in [0.4, 0.5) is 0 Å². The van der Waals surface area contributed by atoms with Crippen molar-refractivity contribution in [2.24, 2.45) is 52.1 Å². The quantitative estimate of drug-likeness (QED) is 0.188. The highest BCUT2D eigenvalue weighted by atomic mass is 16.3. The molecule has 4 aliphatic rings. The second kappa shape index (κ2) is 14.6. The molecule has 0 aromatic carbocycles. The molecular weight excluding hydrogens is 520 g/mol. The predicted molar refractivity (Wildman–Crippen MR) is 175 cm³/mol. The van der Waals surface area contributed by atoms with Gasteiger partial charge in [-0.25, -0.2) is 0 Å². The number of hydrogen-bond acceptors (Lipinski definition) is 5. The van der Waals surface area contributed by atoms with Gasteiger partial charge in [0.05, 0.1) is 6.10 Å². The zero-order valence-corrected chi connectivity index (χ0v) is 28.5. The molecule has 0 radical (unpaired) electrons. The van der Waals surface area contributed by atoms with Crippen molar-refractivity contribution in [3.05, 3.63) is 0 Å². The Morgan fingerprint density at radius 2 is 1.57 bits per heavy atom. The van der Waals surface area contributed by atoms with Crippen LogP contribution >= 0.6 is 0 Å². The molecule has 6 heteroatoms. The smallest absolute Gasteiger partial charge is 0.223 e. The predicted octanol–water partition coefficient (Wildman–Crippen LogP) is 5.96. The molecule has 0 saturated heterocycles. The Balaban J connectivity index is 1.33. The SMILES string of the molecule is CC(C)N(C(=O)CC[C@@H](C)[C@H]1CCC2C3C(CC[C@@]21C)[C@@]1(C)CC[C@H](NCCCNCCCN)CC1C[C@H]3O)C(C)C. The molecule has 0 aromatic rings. The maximum atomic E-state index is 13.1. The number of amides is 1. The zero-order valence-electron chi connectivity index (χ0n) is 28.5. The van der Waals surface area contributed by atoms with Gasteiger partial charge in [-0.2, -0.15) is 0 Å². The third kappa shape index (κ3) is 7.07. The van der Waals surface area contributed by atoms with Gasteiger partial charge in [-0.1, -0.05) is 20.8 Å². The Hall–Kier alpha value is -0.690. The van der Waals surface area contributed by atoms with E-state index in [9.17, 15) is 9.90 Å². The Morgan fingerprint density at radius 1 is 0.905 bits per heavy atom. The van der Waals surface area contributed by atoms with Crippen LogP contribution in [0.1, 0.15) is 126 Å². The van der Waals surface area contributed by atoms with Gasteiger partial charge in [0.15, 0.2) is 0 Å². The maximum absolute atomic E-state index is 13.1. The van der Waals surface area contributed by atoms with Crippen molar-refractivity contribution in [3.63, 3.8) is 0 Å². The minimum atomic E-state index is -0.149. The Bertz CT molecular complexity index is 857. The highest BCUT2D eigenvalue weighted by Crippen LogP contribution is 2.68. The summed E-state index contributed by atoms with van der Waals surface area (Å²) in [5.41, 5.74) is 6.27. The van der Waals surface area contributed by atoms with Crippen molar-refractivity contribution in [1.29, 1.82) is 0 Å². The van der Waals surface area contributed by atoms with Gasteiger partial charge in [0.25, 0.3) is 0 Å². The molecule has 5 N–H and O–H groups in total. The van der Waals surface area contributed by atoms with Crippen LogP contribution in [0.25, 0.3) is 0 Å². The fraction of sp³-hybridized carbons (Fsp3) is 0.972. The monoisotopic (exact) mass is 589 g/mol. The second-order valence-corrected chi connectivity index (χ2v) is 16.2. The molecule has 244 valence electrons. The van der Waals surface area contributed by atoms with Gasteiger partial charge in [-0.05, 0) is 171 Å². The molecule has 0 bridgehead atoms. The fourth-order valence-electron chi connectivity index (χ4n) is 11.1. The summed E-state index contributed by atoms with van der Waals surface area (Å²) in [5, 5.41) is 19.2. The van der Waals surface area contributed by atoms with Gasteiger partial charge in [-0.15, -0.1) is 0 Å². The molecule has 0 aromatic heterocycles. The van der Waals surface area contributed by atoms with Gasteiger partial charge in [-0.3, -0.25) is 4.79 Å². The van der Waals surface area contributed by atoms with Crippen molar-refractivity contribution in [1.82, 2.24) is 15.5 Å². The molecule has 4 fully saturated rings. The third-order valence-corrected chi connectivity index (χ3v) is 13.2. The normalized spacial score (nSPS) is 38.7. The van der Waals surface area contributed by atoms with Crippen LogP contribution in [0, 0.1) is 46.3 Å². The molecule has 4 rings (SSSR count). The summed E-state index contributed by atoms with van der Waals surface area (Å²) in [6.45, 7) is 20.1. The van der Waals surface area contributed by atoms with E-state index in [0.717, 1.165) is 51.9 Å². The van der Waals surface area contributed by atoms with Crippen molar-refractivity contribution in [2.75, 3.05) is 26.2 Å². The molecule has 0 aliphatic heterocycles. The van der Waals surface area contributed by atoms with E-state index in [1.807, 2.05) is 0 Å². The van der Waals surface area contributed by atoms with E-state index in [4.69, 9.17) is 5.73 Å². The fourth-order valence-corrected chi connectivity index (χ4v) is 11.1. The number of fused-ring (bicyclic) bond motifs is 5. The van der Waals surface area contributed by atoms with Crippen LogP contribution < -0.4 is 16.4 Å². The lowest BCUT2D eigenvalue weighted by Gasteiger charge is -2.62. The summed E-state index contributed by atoms with van der Waals surface area (Å²) in [6, 6.07) is 1.12. The van der Waals surface area contributed by atoms with Gasteiger partial charge in [0, 0.05) is 24.5 Å². The van der Waals surface area contributed by atoms with E-state index in [2.05, 4.69) is 64.0 Å². The number of aliphatic hydroxyl groups excluding tert-OH is 1. The second-order valence-electron chi connectivity index (χ2n) is 16.2. The van der Waals surface area contributed by atoms with E-state index >= 15 is 0 Å². The lowest BCUT2D eigenvalue weighted by molar-refractivity contribution is -0.167. The van der Waals surface area contributed by atoms with Crippen LogP contribution in [-0.4, -0.2) is 66.3 Å². The number of carbonyl (C=O) groups excluding carboxylic acids is 1. The first-order valence-corrected chi connectivity index (χ1v) is 18.1. The average Bonchev–Trinajstić information content (AvgIpc) is 3.28. The van der Waals surface area contributed by atoms with Crippen LogP contribution in [0.3, 0.4) is 0 Å². The molecule has 1 amide bonds. The van der Waals surface area contributed by atoms with Crippen molar-refractivity contribution >= 4 is 5.91 Å². The first-order chi connectivity index (χ1) is 19.9. The van der Waals surface area contributed by atoms with Gasteiger partial charge in [0.1, 0.15) is 0 Å². The Labute approximate surface area is 259 Å². The van der Waals surface area contributed by atoms with Crippen LogP contribution in [0.15, 0.2) is 0 Å². The van der Waals surface area contributed by atoms with Crippen LogP contribution in [-0.2, 0) is 4.79 Å². The summed E-state index contributed by atoms with van der Waals surface area (Å²) < 4.78 is 0. The summed E-state index contributed by atoms with van der Waals surface area (Å²) >= 11 is 0. The van der Waals surface area contributed by atoms with Crippen LogP contribution in [0.5, 0.6) is 0 Å². The minimum Gasteiger partial charge on any atom is -0.393 e. The zero-order chi connectivity index (χ0) is 30.7. The van der Waals surface area contributed by atoms with Crippen molar-refractivity contribution in [2.45, 2.75) is 150 Å². The number of hydrogen-bond donors (Lipinski definition) is 4. The van der Waals surface area contributed by atoms with Gasteiger partial charge < -0.3 is 26.4 Å². The summed E-state index contributed by atoms with van der Waals surface area (Å²) in [5.74, 6) is 3.95. The molecule has 10 atom stereocenters. The van der Waals surface area contributed by atoms with Crippen molar-refractivity contribution in [3.8, 4) is 0 Å². The number of nitrogens with zero attached hydrogens (tertiary/aromatic N) is 1. The lowest BCUT2D eigenvalue weighted by atomic mass is 9.43. The number of aliphatic hydroxyl groups is 1. The number of rotatable bonds is 14. The largest absolute Gasteiger partial charge is 0.393 e. The van der Waals surface area contributed by atoms with E-state index < -0.39 is 0 Å². The standard InChI is InChI=1S/C36H68N4O2/c1-24(2)40(25(3)4)33(42)13-10-26(5)29-11-12-30-34-31(15-17-36(29,30)7)35(6)16-14-28(22-27(35)23-32(34)41)39-21-9-20-38-19-8-18-37/h24-32,34,38-39,41H,8-23,37H2,1-7H3/t26-,27?,28+,29-,30?,31?,32-,34?,35+,36-/m1/s1. The van der Waals surface area contributed by atoms with E-state index in [1.165, 1.54) is 44.9 Å². The Kier molecular flexibility index (Phi) is 11.9.